The first-order valence-electron chi connectivity index (χ1n) is 5.89. The highest BCUT2D eigenvalue weighted by atomic mass is 32.2. The molecule has 1 heterocycles. The van der Waals surface area contributed by atoms with Crippen LogP contribution in [0.2, 0.25) is 0 Å². The maximum absolute atomic E-state index is 12.1. The summed E-state index contributed by atoms with van der Waals surface area (Å²) in [5, 5.41) is 4.96. The van der Waals surface area contributed by atoms with Crippen LogP contribution in [0.25, 0.3) is 0 Å². The highest BCUT2D eigenvalue weighted by Crippen LogP contribution is 2.21. The van der Waals surface area contributed by atoms with Crippen LogP contribution in [0.3, 0.4) is 0 Å². The molecule has 104 valence electrons. The van der Waals surface area contributed by atoms with E-state index in [1.54, 1.807) is 6.07 Å². The Bertz CT molecular complexity index is 455. The predicted octanol–water partition coefficient (Wildman–Crippen LogP) is 0.698. The van der Waals surface area contributed by atoms with E-state index < -0.39 is 10.0 Å². The third-order valence-electron chi connectivity index (χ3n) is 2.38. The second kappa shape index (κ2) is 7.20. The molecule has 0 aliphatic heterocycles. The molecule has 0 aliphatic carbocycles. The van der Waals surface area contributed by atoms with Crippen molar-refractivity contribution in [2.45, 2.75) is 18.4 Å². The summed E-state index contributed by atoms with van der Waals surface area (Å²) >= 11 is 1.46. The summed E-state index contributed by atoms with van der Waals surface area (Å²) in [6.45, 7) is 4.53. The summed E-state index contributed by atoms with van der Waals surface area (Å²) in [6.07, 6.45) is 0. The molecule has 0 spiro atoms. The third kappa shape index (κ3) is 4.66. The quantitative estimate of drug-likeness (QED) is 0.740. The second-order valence-electron chi connectivity index (χ2n) is 4.19. The molecule has 1 aromatic heterocycles. The minimum atomic E-state index is -3.38. The Morgan fingerprint density at radius 3 is 2.72 bits per heavy atom. The molecule has 2 N–H and O–H groups in total. The normalized spacial score (nSPS) is 12.2. The Labute approximate surface area is 113 Å². The topological polar surface area (TPSA) is 61.4 Å². The van der Waals surface area contributed by atoms with Crippen molar-refractivity contribution in [3.63, 3.8) is 0 Å². The van der Waals surface area contributed by atoms with E-state index >= 15 is 0 Å². The number of hydrogen-bond acceptors (Lipinski definition) is 5. The van der Waals surface area contributed by atoms with Crippen molar-refractivity contribution in [3.05, 3.63) is 16.3 Å². The minimum Gasteiger partial charge on any atom is -0.312 e. The molecular weight excluding hydrogens is 270 g/mol. The first-order valence-corrected chi connectivity index (χ1v) is 8.25. The van der Waals surface area contributed by atoms with Crippen molar-refractivity contribution in [1.82, 2.24) is 14.9 Å². The second-order valence-corrected chi connectivity index (χ2v) is 6.93. The fourth-order valence-corrected chi connectivity index (χ4v) is 3.85. The monoisotopic (exact) mass is 291 g/mol. The van der Waals surface area contributed by atoms with Gasteiger partial charge in [-0.15, -0.1) is 11.3 Å². The van der Waals surface area contributed by atoms with Gasteiger partial charge in [-0.05, 0) is 32.1 Å². The number of thiophene rings is 1. The lowest BCUT2D eigenvalue weighted by Crippen LogP contribution is -2.31. The van der Waals surface area contributed by atoms with Gasteiger partial charge >= 0.3 is 0 Å². The number of rotatable bonds is 8. The molecule has 5 nitrogen and oxygen atoms in total. The molecule has 7 heteroatoms. The van der Waals surface area contributed by atoms with Crippen molar-refractivity contribution in [1.29, 1.82) is 0 Å². The van der Waals surface area contributed by atoms with E-state index in [0.29, 0.717) is 24.5 Å². The molecule has 0 saturated carbocycles. The molecular formula is C11H21N3O2S2. The predicted molar refractivity (Wildman–Crippen MR) is 75.4 cm³/mol. The van der Waals surface area contributed by atoms with E-state index in [1.165, 1.54) is 11.3 Å². The van der Waals surface area contributed by atoms with Gasteiger partial charge < -0.3 is 10.2 Å². The van der Waals surface area contributed by atoms with Crippen LogP contribution in [0.1, 0.15) is 11.8 Å². The molecule has 0 aromatic carbocycles. The van der Waals surface area contributed by atoms with Crippen LogP contribution >= 0.6 is 11.3 Å². The largest absolute Gasteiger partial charge is 0.312 e. The van der Waals surface area contributed by atoms with E-state index in [2.05, 4.69) is 10.0 Å². The lowest BCUT2D eigenvalue weighted by Gasteiger charge is -2.11. The fourth-order valence-electron chi connectivity index (χ4n) is 1.42. The van der Waals surface area contributed by atoms with Gasteiger partial charge in [0.25, 0.3) is 0 Å². The molecule has 1 aromatic rings. The van der Waals surface area contributed by atoms with Crippen molar-refractivity contribution in [3.8, 4) is 0 Å². The molecule has 0 radical (unpaired) electrons. The molecule has 0 saturated heterocycles. The summed E-state index contributed by atoms with van der Waals surface area (Å²) in [7, 11) is 0.444. The summed E-state index contributed by atoms with van der Waals surface area (Å²) in [4.78, 5) is 3.19. The van der Waals surface area contributed by atoms with Gasteiger partial charge in [0.2, 0.25) is 10.0 Å². The van der Waals surface area contributed by atoms with Crippen molar-refractivity contribution < 1.29 is 8.42 Å². The van der Waals surface area contributed by atoms with Gasteiger partial charge in [-0.3, -0.25) is 0 Å². The lowest BCUT2D eigenvalue weighted by molar-refractivity contribution is 0.412. The molecule has 0 unspecified atom stereocenters. The van der Waals surface area contributed by atoms with Crippen LogP contribution in [-0.2, 0) is 16.6 Å². The Balaban J connectivity index is 2.69. The first-order chi connectivity index (χ1) is 8.47. The van der Waals surface area contributed by atoms with Gasteiger partial charge in [-0.25, -0.2) is 13.1 Å². The molecule has 0 aliphatic rings. The Morgan fingerprint density at radius 1 is 1.39 bits per heavy atom. The van der Waals surface area contributed by atoms with Gasteiger partial charge in [-0.2, -0.15) is 0 Å². The van der Waals surface area contributed by atoms with E-state index in [9.17, 15) is 8.42 Å². The van der Waals surface area contributed by atoms with E-state index in [1.807, 2.05) is 31.3 Å². The minimum absolute atomic E-state index is 0.396. The number of sulfonamides is 1. The molecule has 18 heavy (non-hydrogen) atoms. The van der Waals surface area contributed by atoms with Crippen molar-refractivity contribution in [2.24, 2.45) is 0 Å². The molecule has 0 amide bonds. The number of likely N-dealkylation sites (N-methyl/N-ethyl adjacent to an activating group) is 1. The molecule has 0 bridgehead atoms. The van der Waals surface area contributed by atoms with Crippen LogP contribution in [-0.4, -0.2) is 47.0 Å². The number of nitrogens with one attached hydrogen (secondary N) is 2. The highest BCUT2D eigenvalue weighted by Gasteiger charge is 2.18. The van der Waals surface area contributed by atoms with Gasteiger partial charge in [0.05, 0.1) is 4.90 Å². The zero-order valence-electron chi connectivity index (χ0n) is 11.1. The Morgan fingerprint density at radius 2 is 2.11 bits per heavy atom. The zero-order valence-corrected chi connectivity index (χ0v) is 12.7. The maximum Gasteiger partial charge on any atom is 0.241 e. The summed E-state index contributed by atoms with van der Waals surface area (Å²) in [5.41, 5.74) is 0. The molecule has 0 atom stereocenters. The van der Waals surface area contributed by atoms with Crippen LogP contribution in [0, 0.1) is 0 Å². The third-order valence-corrected chi connectivity index (χ3v) is 4.98. The van der Waals surface area contributed by atoms with Gasteiger partial charge in [0, 0.05) is 24.5 Å². The van der Waals surface area contributed by atoms with Crippen molar-refractivity contribution >= 4 is 21.4 Å². The average molecular weight is 291 g/mol. The van der Waals surface area contributed by atoms with E-state index in [-0.39, 0.29) is 0 Å². The average Bonchev–Trinajstić information content (AvgIpc) is 2.74. The first kappa shape index (κ1) is 15.6. The van der Waals surface area contributed by atoms with Crippen LogP contribution < -0.4 is 10.0 Å². The summed E-state index contributed by atoms with van der Waals surface area (Å²) < 4.78 is 26.8. The van der Waals surface area contributed by atoms with Crippen LogP contribution in [0.15, 0.2) is 16.3 Å². The SMILES string of the molecule is CCNCc1sccc1S(=O)(=O)NCCN(C)C. The molecule has 1 rings (SSSR count). The van der Waals surface area contributed by atoms with E-state index in [4.69, 9.17) is 0 Å². The number of nitrogens with zero attached hydrogens (tertiary/aromatic N) is 1. The lowest BCUT2D eigenvalue weighted by atomic mass is 10.4. The van der Waals surface area contributed by atoms with E-state index in [0.717, 1.165) is 11.4 Å². The molecule has 0 fully saturated rings. The Kier molecular flexibility index (Phi) is 6.24. The zero-order chi connectivity index (χ0) is 13.6. The fraction of sp³-hybridized carbons (Fsp3) is 0.636. The Hall–Kier alpha value is -0.470. The standard InChI is InChI=1S/C11H21N3O2S2/c1-4-12-9-10-11(5-8-17-10)18(15,16)13-6-7-14(2)3/h5,8,12-13H,4,6-7,9H2,1-3H3. The van der Waals surface area contributed by atoms with Gasteiger partial charge in [0.15, 0.2) is 0 Å². The smallest absolute Gasteiger partial charge is 0.241 e. The highest BCUT2D eigenvalue weighted by molar-refractivity contribution is 7.89. The van der Waals surface area contributed by atoms with Crippen LogP contribution in [0.4, 0.5) is 0 Å². The summed E-state index contributed by atoms with van der Waals surface area (Å²) in [6, 6.07) is 1.66. The maximum atomic E-state index is 12.1. The van der Waals surface area contributed by atoms with Crippen molar-refractivity contribution in [2.75, 3.05) is 33.7 Å². The number of hydrogen-bond donors (Lipinski definition) is 2. The van der Waals surface area contributed by atoms with Gasteiger partial charge in [-0.1, -0.05) is 6.92 Å². The van der Waals surface area contributed by atoms with Gasteiger partial charge in [0.1, 0.15) is 0 Å². The summed E-state index contributed by atoms with van der Waals surface area (Å²) in [5.74, 6) is 0. The van der Waals surface area contributed by atoms with Crippen LogP contribution in [0.5, 0.6) is 0 Å².